The van der Waals surface area contributed by atoms with E-state index in [9.17, 15) is 18.3 Å². The van der Waals surface area contributed by atoms with Crippen molar-refractivity contribution in [1.82, 2.24) is 0 Å². The Morgan fingerprint density at radius 3 is 1.53 bits per heavy atom. The van der Waals surface area contributed by atoms with Gasteiger partial charge in [0.15, 0.2) is 0 Å². The van der Waals surface area contributed by atoms with Gasteiger partial charge in [-0.05, 0) is 11.8 Å². The van der Waals surface area contributed by atoms with E-state index in [0.717, 1.165) is 12.1 Å². The minimum absolute atomic E-state index is 0. The third-order valence-electron chi connectivity index (χ3n) is 2.41. The molecule has 0 aliphatic rings. The van der Waals surface area contributed by atoms with Crippen molar-refractivity contribution in [1.29, 1.82) is 0 Å². The van der Waals surface area contributed by atoms with E-state index in [2.05, 4.69) is 6.07 Å². The minimum Gasteiger partial charge on any atom is -0.393 e. The quantitative estimate of drug-likeness (QED) is 0.792. The molecule has 0 aromatic heterocycles. The molecule has 1 aromatic rings. The van der Waals surface area contributed by atoms with Gasteiger partial charge in [0.25, 0.3) is 0 Å². The average molecular weight is 353 g/mol. The summed E-state index contributed by atoms with van der Waals surface area (Å²) < 4.78 is 35.3. The molecule has 1 rings (SSSR count). The van der Waals surface area contributed by atoms with Crippen LogP contribution < -0.4 is 0 Å². The van der Waals surface area contributed by atoms with Crippen LogP contribution in [0.4, 0.5) is 13.2 Å². The van der Waals surface area contributed by atoms with Crippen LogP contribution in [0.25, 0.3) is 0 Å². The molecule has 1 aromatic carbocycles. The van der Waals surface area contributed by atoms with Gasteiger partial charge in [-0.15, -0.1) is 0 Å². The van der Waals surface area contributed by atoms with Crippen molar-refractivity contribution in [2.75, 3.05) is 0 Å². The van der Waals surface area contributed by atoms with Crippen molar-refractivity contribution in [2.24, 2.45) is 11.8 Å². The normalized spacial score (nSPS) is 11.1. The van der Waals surface area contributed by atoms with Crippen LogP contribution in [0.2, 0.25) is 0 Å². The van der Waals surface area contributed by atoms with Gasteiger partial charge in [-0.25, -0.2) is 0 Å². The Labute approximate surface area is 132 Å². The largest absolute Gasteiger partial charge is 0.394 e. The SMILES string of the molecule is CC(C)C(O)C(C)C.FC(F)(F)c1cc[c-]cc1.[Zr]. The van der Waals surface area contributed by atoms with Crippen LogP contribution in [-0.4, -0.2) is 11.2 Å². The molecular weight excluding hydrogens is 332 g/mol. The Morgan fingerprint density at radius 1 is 1.00 bits per heavy atom. The molecule has 0 aliphatic carbocycles. The molecule has 0 bridgehead atoms. The molecule has 1 N–H and O–H groups in total. The van der Waals surface area contributed by atoms with E-state index in [0.29, 0.717) is 11.8 Å². The van der Waals surface area contributed by atoms with Crippen LogP contribution in [0.15, 0.2) is 24.3 Å². The zero-order valence-electron chi connectivity index (χ0n) is 11.6. The van der Waals surface area contributed by atoms with Gasteiger partial charge in [-0.2, -0.15) is 43.5 Å². The van der Waals surface area contributed by atoms with Gasteiger partial charge in [-0.1, -0.05) is 33.3 Å². The van der Waals surface area contributed by atoms with E-state index in [4.69, 9.17) is 0 Å². The van der Waals surface area contributed by atoms with E-state index < -0.39 is 11.7 Å². The summed E-state index contributed by atoms with van der Waals surface area (Å²) >= 11 is 0. The van der Waals surface area contributed by atoms with Gasteiger partial charge in [0.1, 0.15) is 0 Å². The summed E-state index contributed by atoms with van der Waals surface area (Å²) in [5.74, 6) is 0.796. The molecular formula is C14H20F3OZr-. The van der Waals surface area contributed by atoms with E-state index in [1.54, 1.807) is 0 Å². The molecule has 1 nitrogen and oxygen atoms in total. The fourth-order valence-electron chi connectivity index (χ4n) is 1.35. The number of rotatable bonds is 2. The van der Waals surface area contributed by atoms with E-state index in [1.165, 1.54) is 12.1 Å². The van der Waals surface area contributed by atoms with Crippen LogP contribution in [0.5, 0.6) is 0 Å². The minimum atomic E-state index is -4.23. The van der Waals surface area contributed by atoms with E-state index in [-0.39, 0.29) is 32.3 Å². The Balaban J connectivity index is 0. The molecule has 0 saturated carbocycles. The second kappa shape index (κ2) is 9.71. The predicted octanol–water partition coefficient (Wildman–Crippen LogP) is 4.16. The van der Waals surface area contributed by atoms with Crippen LogP contribution in [0, 0.1) is 17.9 Å². The van der Waals surface area contributed by atoms with Crippen molar-refractivity contribution in [2.45, 2.75) is 40.0 Å². The Morgan fingerprint density at radius 2 is 1.37 bits per heavy atom. The number of hydrogen-bond donors (Lipinski definition) is 1. The van der Waals surface area contributed by atoms with Gasteiger partial charge in [0.05, 0.1) is 6.10 Å². The van der Waals surface area contributed by atoms with Gasteiger partial charge in [-0.3, -0.25) is 0 Å². The van der Waals surface area contributed by atoms with Crippen LogP contribution in [0.3, 0.4) is 0 Å². The van der Waals surface area contributed by atoms with Crippen molar-refractivity contribution >= 4 is 0 Å². The van der Waals surface area contributed by atoms with Crippen molar-refractivity contribution < 1.29 is 44.5 Å². The van der Waals surface area contributed by atoms with Crippen LogP contribution in [0.1, 0.15) is 33.3 Å². The number of halogens is 3. The summed E-state index contributed by atoms with van der Waals surface area (Å²) in [6.07, 6.45) is -4.36. The first kappa shape index (κ1) is 21.2. The van der Waals surface area contributed by atoms with Gasteiger partial charge < -0.3 is 5.11 Å². The monoisotopic (exact) mass is 351 g/mol. The standard InChI is InChI=1S/C7H4F3.C7H16O.Zr/c8-7(9,10)6-4-2-1-3-5-6;1-5(2)7(8)6(3)4;/h2-5H;5-8H,1-4H3;/q-1;;. The first-order chi connectivity index (χ1) is 8.16. The van der Waals surface area contributed by atoms with Crippen LogP contribution in [-0.2, 0) is 32.4 Å². The van der Waals surface area contributed by atoms with Gasteiger partial charge in [0.2, 0.25) is 0 Å². The number of aliphatic hydroxyl groups excluding tert-OH is 1. The first-order valence-corrected chi connectivity index (χ1v) is 5.87. The molecule has 0 amide bonds. The van der Waals surface area contributed by atoms with E-state index >= 15 is 0 Å². The molecule has 0 heterocycles. The molecule has 0 spiro atoms. The van der Waals surface area contributed by atoms with Crippen molar-refractivity contribution in [3.8, 4) is 0 Å². The number of aliphatic hydroxyl groups is 1. The summed E-state index contributed by atoms with van der Waals surface area (Å²) in [6.45, 7) is 8.13. The van der Waals surface area contributed by atoms with Crippen molar-refractivity contribution in [3.63, 3.8) is 0 Å². The Bertz CT molecular complexity index is 315. The molecule has 5 heteroatoms. The van der Waals surface area contributed by atoms with E-state index in [1.807, 2.05) is 27.7 Å². The number of alkyl halides is 3. The third-order valence-corrected chi connectivity index (χ3v) is 2.41. The maximum atomic E-state index is 11.8. The maximum absolute atomic E-state index is 11.8. The summed E-state index contributed by atoms with van der Waals surface area (Å²) in [5.41, 5.74) is -0.633. The third kappa shape index (κ3) is 9.40. The Hall–Kier alpha value is -0.147. The fraction of sp³-hybridized carbons (Fsp3) is 0.571. The van der Waals surface area contributed by atoms with Crippen molar-refractivity contribution in [3.05, 3.63) is 35.9 Å². The van der Waals surface area contributed by atoms with Crippen LogP contribution >= 0.6 is 0 Å². The van der Waals surface area contributed by atoms with Gasteiger partial charge in [0, 0.05) is 26.2 Å². The molecule has 0 unspecified atom stereocenters. The Kier molecular flexibility index (Phi) is 10.8. The first-order valence-electron chi connectivity index (χ1n) is 5.87. The maximum Gasteiger partial charge on any atom is 0.394 e. The second-order valence-corrected chi connectivity index (χ2v) is 4.77. The number of benzene rings is 1. The van der Waals surface area contributed by atoms with Gasteiger partial charge >= 0.3 is 6.18 Å². The fourth-order valence-corrected chi connectivity index (χ4v) is 1.35. The predicted molar refractivity (Wildman–Crippen MR) is 66.0 cm³/mol. The topological polar surface area (TPSA) is 20.2 Å². The molecule has 108 valence electrons. The summed E-state index contributed by atoms with van der Waals surface area (Å²) in [6, 6.07) is 6.95. The molecule has 0 fully saturated rings. The molecule has 0 saturated heterocycles. The zero-order valence-corrected chi connectivity index (χ0v) is 14.1. The molecule has 0 atom stereocenters. The second-order valence-electron chi connectivity index (χ2n) is 4.77. The summed E-state index contributed by atoms with van der Waals surface area (Å²) in [7, 11) is 0. The summed E-state index contributed by atoms with van der Waals surface area (Å²) in [5, 5.41) is 9.20. The summed E-state index contributed by atoms with van der Waals surface area (Å²) in [4.78, 5) is 0. The molecule has 0 aliphatic heterocycles. The number of hydrogen-bond acceptors (Lipinski definition) is 1. The molecule has 0 radical (unpaired) electrons. The molecule has 19 heavy (non-hydrogen) atoms. The zero-order chi connectivity index (χ0) is 14.3. The average Bonchev–Trinajstić information content (AvgIpc) is 2.28. The smallest absolute Gasteiger partial charge is 0.393 e.